The highest BCUT2D eigenvalue weighted by Gasteiger charge is 2.16. The van der Waals surface area contributed by atoms with Crippen molar-refractivity contribution in [2.75, 3.05) is 0 Å². The first-order chi connectivity index (χ1) is 7.63. The summed E-state index contributed by atoms with van der Waals surface area (Å²) in [4.78, 5) is 21.9. The minimum absolute atomic E-state index is 0.283. The summed E-state index contributed by atoms with van der Waals surface area (Å²) in [5.41, 5.74) is 0.599. The Kier molecular flexibility index (Phi) is 4.22. The number of carbonyl (C=O) groups excluding carboxylic acids is 2. The quantitative estimate of drug-likeness (QED) is 0.569. The monoisotopic (exact) mass is 217 g/mol. The Hall–Kier alpha value is -2.15. The molecule has 0 heterocycles. The fourth-order valence-electron chi connectivity index (χ4n) is 1.17. The lowest BCUT2D eigenvalue weighted by Crippen LogP contribution is -2.12. The second kappa shape index (κ2) is 5.66. The number of ether oxygens (including phenoxy) is 1. The molecule has 0 aliphatic carbocycles. The molecule has 0 aromatic heterocycles. The number of nitrogens with zero attached hydrogens (tertiary/aromatic N) is 1. The topological polar surface area (TPSA) is 67.2 Å². The van der Waals surface area contributed by atoms with E-state index in [0.29, 0.717) is 5.56 Å². The lowest BCUT2D eigenvalue weighted by molar-refractivity contribution is -0.148. The Morgan fingerprint density at radius 3 is 2.50 bits per heavy atom. The zero-order chi connectivity index (χ0) is 12.0. The van der Waals surface area contributed by atoms with Crippen LogP contribution in [0.15, 0.2) is 30.3 Å². The molecular weight excluding hydrogens is 206 g/mol. The first-order valence-corrected chi connectivity index (χ1v) is 4.77. The van der Waals surface area contributed by atoms with Crippen molar-refractivity contribution in [1.29, 1.82) is 5.26 Å². The summed E-state index contributed by atoms with van der Waals surface area (Å²) in [6, 6.07) is 10.5. The van der Waals surface area contributed by atoms with Gasteiger partial charge in [-0.3, -0.25) is 9.59 Å². The summed E-state index contributed by atoms with van der Waals surface area (Å²) in [5.74, 6) is -0.961. The van der Waals surface area contributed by atoms with Crippen molar-refractivity contribution in [2.45, 2.75) is 19.4 Å². The highest BCUT2D eigenvalue weighted by atomic mass is 16.5. The maximum absolute atomic E-state index is 11.2. The third-order valence-corrected chi connectivity index (χ3v) is 1.86. The molecule has 0 amide bonds. The zero-order valence-corrected chi connectivity index (χ0v) is 8.84. The molecule has 4 nitrogen and oxygen atoms in total. The average Bonchev–Trinajstić information content (AvgIpc) is 2.26. The smallest absolute Gasteiger partial charge is 0.314 e. The zero-order valence-electron chi connectivity index (χ0n) is 8.84. The number of hydrogen-bond acceptors (Lipinski definition) is 4. The fraction of sp³-hybridized carbons (Fsp3) is 0.250. The molecule has 0 bridgehead atoms. The van der Waals surface area contributed by atoms with Crippen LogP contribution in [-0.4, -0.2) is 11.8 Å². The Balaban J connectivity index is 2.68. The largest absolute Gasteiger partial charge is 0.442 e. The molecule has 0 aliphatic heterocycles. The summed E-state index contributed by atoms with van der Waals surface area (Å²) in [7, 11) is 0. The number of ketones is 1. The number of carbonyl (C=O) groups is 2. The third-order valence-electron chi connectivity index (χ3n) is 1.86. The number of benzene rings is 1. The molecule has 1 unspecified atom stereocenters. The Morgan fingerprint density at radius 1 is 1.38 bits per heavy atom. The first-order valence-electron chi connectivity index (χ1n) is 4.77. The molecule has 0 fully saturated rings. The lowest BCUT2D eigenvalue weighted by atomic mass is 10.1. The summed E-state index contributed by atoms with van der Waals surface area (Å²) in [6.45, 7) is 1.30. The molecule has 1 atom stereocenters. The van der Waals surface area contributed by atoms with E-state index in [1.54, 1.807) is 30.3 Å². The normalized spacial score (nSPS) is 11.2. The molecule has 0 N–H and O–H groups in total. The number of Topliss-reactive ketones (excluding diaryl/α,β-unsaturated/α-hetero) is 1. The maximum Gasteiger partial charge on any atom is 0.314 e. The van der Waals surface area contributed by atoms with Gasteiger partial charge in [-0.05, 0) is 6.92 Å². The fourth-order valence-corrected chi connectivity index (χ4v) is 1.17. The molecule has 0 aliphatic rings. The van der Waals surface area contributed by atoms with E-state index in [9.17, 15) is 9.59 Å². The minimum Gasteiger partial charge on any atom is -0.442 e. The van der Waals surface area contributed by atoms with Gasteiger partial charge in [0.05, 0.1) is 0 Å². The lowest BCUT2D eigenvalue weighted by Gasteiger charge is -2.10. The molecule has 1 rings (SSSR count). The van der Waals surface area contributed by atoms with Crippen molar-refractivity contribution in [3.8, 4) is 6.07 Å². The molecule has 0 saturated carbocycles. The number of esters is 1. The van der Waals surface area contributed by atoms with Gasteiger partial charge in [-0.15, -0.1) is 0 Å². The van der Waals surface area contributed by atoms with Crippen LogP contribution in [-0.2, 0) is 14.3 Å². The SMILES string of the molecule is CC(=O)CC(=O)OC(C#N)c1ccccc1. The van der Waals surface area contributed by atoms with Gasteiger partial charge in [0, 0.05) is 5.56 Å². The van der Waals surface area contributed by atoms with Crippen molar-refractivity contribution < 1.29 is 14.3 Å². The van der Waals surface area contributed by atoms with Crippen molar-refractivity contribution in [3.63, 3.8) is 0 Å². The van der Waals surface area contributed by atoms with Crippen LogP contribution >= 0.6 is 0 Å². The molecule has 82 valence electrons. The average molecular weight is 217 g/mol. The summed E-state index contributed by atoms with van der Waals surface area (Å²) < 4.78 is 4.88. The Bertz CT molecular complexity index is 420. The van der Waals surface area contributed by atoms with Crippen LogP contribution in [0, 0.1) is 11.3 Å². The van der Waals surface area contributed by atoms with Gasteiger partial charge in [-0.1, -0.05) is 30.3 Å². The molecular formula is C12H11NO3. The maximum atomic E-state index is 11.2. The second-order valence-corrected chi connectivity index (χ2v) is 3.29. The standard InChI is InChI=1S/C12H11NO3/c1-9(14)7-12(15)16-11(8-13)10-5-3-2-4-6-10/h2-6,11H,7H2,1H3. The second-order valence-electron chi connectivity index (χ2n) is 3.29. The van der Waals surface area contributed by atoms with Gasteiger partial charge in [0.15, 0.2) is 0 Å². The van der Waals surface area contributed by atoms with Gasteiger partial charge in [0.2, 0.25) is 6.10 Å². The summed E-state index contributed by atoms with van der Waals surface area (Å²) in [5, 5.41) is 8.85. The van der Waals surface area contributed by atoms with Crippen LogP contribution in [0.2, 0.25) is 0 Å². The van der Waals surface area contributed by atoms with E-state index in [2.05, 4.69) is 0 Å². The highest BCUT2D eigenvalue weighted by Crippen LogP contribution is 2.16. The molecule has 0 saturated heterocycles. The predicted molar refractivity (Wildman–Crippen MR) is 56.2 cm³/mol. The van der Waals surface area contributed by atoms with Gasteiger partial charge in [0.1, 0.15) is 18.3 Å². The third kappa shape index (κ3) is 3.54. The van der Waals surface area contributed by atoms with Crippen LogP contribution in [0.5, 0.6) is 0 Å². The van der Waals surface area contributed by atoms with E-state index in [4.69, 9.17) is 10.00 Å². The molecule has 0 spiro atoms. The highest BCUT2D eigenvalue weighted by molar-refractivity contribution is 5.94. The van der Waals surface area contributed by atoms with E-state index in [1.807, 2.05) is 6.07 Å². The number of rotatable bonds is 4. The van der Waals surface area contributed by atoms with Gasteiger partial charge in [-0.25, -0.2) is 0 Å². The van der Waals surface area contributed by atoms with E-state index in [1.165, 1.54) is 6.92 Å². The number of hydrogen-bond donors (Lipinski definition) is 0. The summed E-state index contributed by atoms with van der Waals surface area (Å²) in [6.07, 6.45) is -1.25. The number of nitriles is 1. The van der Waals surface area contributed by atoms with Crippen LogP contribution in [0.1, 0.15) is 25.0 Å². The first kappa shape index (κ1) is 11.9. The van der Waals surface area contributed by atoms with E-state index in [0.717, 1.165) is 0 Å². The van der Waals surface area contributed by atoms with Crippen molar-refractivity contribution in [2.24, 2.45) is 0 Å². The van der Waals surface area contributed by atoms with Gasteiger partial charge >= 0.3 is 5.97 Å². The van der Waals surface area contributed by atoms with Crippen molar-refractivity contribution in [3.05, 3.63) is 35.9 Å². The molecule has 0 radical (unpaired) electrons. The van der Waals surface area contributed by atoms with E-state index in [-0.39, 0.29) is 12.2 Å². The van der Waals surface area contributed by atoms with Gasteiger partial charge in [0.25, 0.3) is 0 Å². The molecule has 4 heteroatoms. The van der Waals surface area contributed by atoms with Crippen LogP contribution < -0.4 is 0 Å². The van der Waals surface area contributed by atoms with E-state index >= 15 is 0 Å². The van der Waals surface area contributed by atoms with Crippen LogP contribution in [0.3, 0.4) is 0 Å². The van der Waals surface area contributed by atoms with E-state index < -0.39 is 12.1 Å². The molecule has 1 aromatic carbocycles. The Labute approximate surface area is 93.5 Å². The molecule has 16 heavy (non-hydrogen) atoms. The van der Waals surface area contributed by atoms with Gasteiger partial charge < -0.3 is 4.74 Å². The minimum atomic E-state index is -0.951. The molecule has 1 aromatic rings. The van der Waals surface area contributed by atoms with Crippen molar-refractivity contribution in [1.82, 2.24) is 0 Å². The van der Waals surface area contributed by atoms with Crippen molar-refractivity contribution >= 4 is 11.8 Å². The predicted octanol–water partition coefficient (Wildman–Crippen LogP) is 1.77. The van der Waals surface area contributed by atoms with Gasteiger partial charge in [-0.2, -0.15) is 5.26 Å². The van der Waals surface area contributed by atoms with Crippen LogP contribution in [0.25, 0.3) is 0 Å². The summed E-state index contributed by atoms with van der Waals surface area (Å²) >= 11 is 0. The van der Waals surface area contributed by atoms with Crippen LogP contribution in [0.4, 0.5) is 0 Å². The Morgan fingerprint density at radius 2 is 2.00 bits per heavy atom.